The van der Waals surface area contributed by atoms with Gasteiger partial charge in [0.15, 0.2) is 0 Å². The number of halogens is 2. The van der Waals surface area contributed by atoms with Crippen LogP contribution in [0.2, 0.25) is 0 Å². The van der Waals surface area contributed by atoms with E-state index in [1.54, 1.807) is 6.08 Å². The number of nitrogens with one attached hydrogen (secondary N) is 1. The summed E-state index contributed by atoms with van der Waals surface area (Å²) in [6, 6.07) is 5.85. The molecule has 2 aromatic heterocycles. The number of aromatic amines is 1. The van der Waals surface area contributed by atoms with E-state index in [1.807, 2.05) is 0 Å². The second-order valence-electron chi connectivity index (χ2n) is 7.19. The Morgan fingerprint density at radius 1 is 1.35 bits per heavy atom. The number of sulfonamides is 1. The number of rotatable bonds is 4. The van der Waals surface area contributed by atoms with Crippen LogP contribution in [0.25, 0.3) is 22.2 Å². The lowest BCUT2D eigenvalue weighted by Crippen LogP contribution is -2.29. The average Bonchev–Trinajstić information content (AvgIpc) is 3.11. The Labute approximate surface area is 177 Å². The summed E-state index contributed by atoms with van der Waals surface area (Å²) in [7, 11) is -1.98. The second kappa shape index (κ2) is 7.67. The minimum Gasteiger partial charge on any atom is -0.496 e. The Morgan fingerprint density at radius 2 is 2.13 bits per heavy atom. The molecule has 1 N–H and O–H groups in total. The maximum Gasteiger partial charge on any atom is 0.231 e. The molecule has 3 aromatic rings. The van der Waals surface area contributed by atoms with Crippen LogP contribution in [0.5, 0.6) is 5.75 Å². The number of aromatic nitrogens is 2. The second-order valence-corrected chi connectivity index (χ2v) is 9.12. The van der Waals surface area contributed by atoms with E-state index in [0.29, 0.717) is 12.1 Å². The number of methoxy groups -OCH3 is 1. The highest BCUT2D eigenvalue weighted by Gasteiger charge is 2.28. The molecule has 160 valence electrons. The number of H-pyrrole nitrogens is 1. The number of hydrogen-bond acceptors (Lipinski definition) is 5. The van der Waals surface area contributed by atoms with Crippen LogP contribution in [-0.4, -0.2) is 42.6 Å². The molecule has 1 atom stereocenters. The lowest BCUT2D eigenvalue weighted by atomic mass is 9.93. The number of hydrogen-bond donors (Lipinski definition) is 1. The fourth-order valence-electron chi connectivity index (χ4n) is 3.84. The van der Waals surface area contributed by atoms with E-state index in [4.69, 9.17) is 4.74 Å². The molecular weight excluding hydrogens is 426 g/mol. The van der Waals surface area contributed by atoms with Gasteiger partial charge in [0.2, 0.25) is 10.0 Å². The predicted octanol–water partition coefficient (Wildman–Crippen LogP) is 3.65. The Bertz CT molecular complexity index is 1360. The molecule has 1 aliphatic heterocycles. The van der Waals surface area contributed by atoms with Crippen molar-refractivity contribution < 1.29 is 21.9 Å². The van der Waals surface area contributed by atoms with Gasteiger partial charge >= 0.3 is 0 Å². The third kappa shape index (κ3) is 3.61. The van der Waals surface area contributed by atoms with Gasteiger partial charge < -0.3 is 9.72 Å². The van der Waals surface area contributed by atoms with Crippen LogP contribution in [0.1, 0.15) is 23.6 Å². The predicted molar refractivity (Wildman–Crippen MR) is 111 cm³/mol. The van der Waals surface area contributed by atoms with Crippen LogP contribution in [0.15, 0.2) is 36.7 Å². The minimum absolute atomic E-state index is 0.0120. The van der Waals surface area contributed by atoms with Crippen molar-refractivity contribution in [2.24, 2.45) is 0 Å². The lowest BCUT2D eigenvalue weighted by Gasteiger charge is -2.25. The van der Waals surface area contributed by atoms with Crippen LogP contribution in [0.4, 0.5) is 8.78 Å². The summed E-state index contributed by atoms with van der Waals surface area (Å²) in [6.07, 6.45) is 5.68. The van der Waals surface area contributed by atoms with Gasteiger partial charge in [-0.15, -0.1) is 0 Å². The first-order chi connectivity index (χ1) is 14.7. The van der Waals surface area contributed by atoms with E-state index in [-0.39, 0.29) is 45.9 Å². The van der Waals surface area contributed by atoms with E-state index in [0.717, 1.165) is 18.5 Å². The zero-order valence-corrected chi connectivity index (χ0v) is 17.5. The van der Waals surface area contributed by atoms with E-state index in [1.165, 1.54) is 29.7 Å². The average molecular weight is 444 g/mol. The van der Waals surface area contributed by atoms with Gasteiger partial charge in [0.1, 0.15) is 29.1 Å². The Hall–Kier alpha value is -3.45. The fourth-order valence-corrected chi connectivity index (χ4v) is 4.57. The normalized spacial score (nSPS) is 16.5. The summed E-state index contributed by atoms with van der Waals surface area (Å²) in [6.45, 7) is 0.243. The summed E-state index contributed by atoms with van der Waals surface area (Å²) >= 11 is 0. The first-order valence-electron chi connectivity index (χ1n) is 9.33. The molecule has 0 bridgehead atoms. The van der Waals surface area contributed by atoms with Crippen LogP contribution in [0.3, 0.4) is 0 Å². The molecule has 3 heterocycles. The number of benzene rings is 1. The topological polar surface area (TPSA) is 99.1 Å². The van der Waals surface area contributed by atoms with Gasteiger partial charge in [-0.05, 0) is 24.6 Å². The SMILES string of the molecule is COc1ccc(F)cc1-c1c(F)cnc2[nH]c(C3C=CN(S(C)(=O)=O)CC3)c(C#N)c12. The van der Waals surface area contributed by atoms with Crippen molar-refractivity contribution in [2.45, 2.75) is 12.3 Å². The highest BCUT2D eigenvalue weighted by molar-refractivity contribution is 7.88. The molecule has 1 unspecified atom stereocenters. The van der Waals surface area contributed by atoms with E-state index < -0.39 is 21.7 Å². The summed E-state index contributed by atoms with van der Waals surface area (Å²) < 4.78 is 58.9. The Morgan fingerprint density at radius 3 is 2.74 bits per heavy atom. The maximum atomic E-state index is 15.0. The van der Waals surface area contributed by atoms with Gasteiger partial charge in [0.05, 0.1) is 25.1 Å². The standard InChI is InChI=1S/C21H18F2N4O3S/c1-30-17-4-3-13(22)9-14(17)18-16(23)11-25-21-19(18)15(10-24)20(26-21)12-5-7-27(8-6-12)31(2,28)29/h3-5,7,9,11-12H,6,8H2,1-2H3,(H,25,26). The number of ether oxygens (including phenoxy) is 1. The molecule has 4 rings (SSSR count). The van der Waals surface area contributed by atoms with Crippen molar-refractivity contribution >= 4 is 21.1 Å². The van der Waals surface area contributed by atoms with Gasteiger partial charge in [-0.25, -0.2) is 22.2 Å². The lowest BCUT2D eigenvalue weighted by molar-refractivity contribution is 0.415. The molecule has 0 radical (unpaired) electrons. The van der Waals surface area contributed by atoms with Gasteiger partial charge in [-0.1, -0.05) is 6.08 Å². The molecule has 31 heavy (non-hydrogen) atoms. The highest BCUT2D eigenvalue weighted by atomic mass is 32.2. The van der Waals surface area contributed by atoms with Crippen molar-refractivity contribution in [3.05, 3.63) is 59.6 Å². The number of allylic oxidation sites excluding steroid dienone is 1. The molecule has 0 saturated carbocycles. The largest absolute Gasteiger partial charge is 0.496 e. The summed E-state index contributed by atoms with van der Waals surface area (Å²) in [5.74, 6) is -1.35. The fraction of sp³-hybridized carbons (Fsp3) is 0.238. The van der Waals surface area contributed by atoms with Crippen molar-refractivity contribution in [1.82, 2.24) is 14.3 Å². The van der Waals surface area contributed by atoms with E-state index >= 15 is 0 Å². The molecule has 1 aromatic carbocycles. The molecule has 1 aliphatic rings. The third-order valence-corrected chi connectivity index (χ3v) is 6.45. The molecule has 10 heteroatoms. The monoisotopic (exact) mass is 444 g/mol. The first-order valence-corrected chi connectivity index (χ1v) is 11.2. The van der Waals surface area contributed by atoms with Crippen LogP contribution < -0.4 is 4.74 Å². The van der Waals surface area contributed by atoms with E-state index in [9.17, 15) is 22.5 Å². The van der Waals surface area contributed by atoms with Crippen LogP contribution >= 0.6 is 0 Å². The van der Waals surface area contributed by atoms with Crippen molar-refractivity contribution in [3.63, 3.8) is 0 Å². The van der Waals surface area contributed by atoms with E-state index in [2.05, 4.69) is 16.0 Å². The molecule has 0 aliphatic carbocycles. The zero-order chi connectivity index (χ0) is 22.3. The molecule has 0 fully saturated rings. The van der Waals surface area contributed by atoms with Crippen LogP contribution in [-0.2, 0) is 10.0 Å². The third-order valence-electron chi connectivity index (χ3n) is 5.29. The Balaban J connectivity index is 1.93. The van der Waals surface area contributed by atoms with Gasteiger partial charge in [-0.3, -0.25) is 4.31 Å². The smallest absolute Gasteiger partial charge is 0.231 e. The van der Waals surface area contributed by atoms with Crippen molar-refractivity contribution in [3.8, 4) is 22.9 Å². The van der Waals surface area contributed by atoms with Crippen LogP contribution in [0, 0.1) is 23.0 Å². The zero-order valence-electron chi connectivity index (χ0n) is 16.7. The van der Waals surface area contributed by atoms with Gasteiger partial charge in [0, 0.05) is 40.9 Å². The molecule has 0 saturated heterocycles. The molecule has 0 spiro atoms. The first kappa shape index (κ1) is 20.8. The summed E-state index contributed by atoms with van der Waals surface area (Å²) in [5.41, 5.74) is 1.12. The minimum atomic E-state index is -3.37. The molecular formula is C21H18F2N4O3S. The van der Waals surface area contributed by atoms with Gasteiger partial charge in [-0.2, -0.15) is 5.26 Å². The number of nitrogens with zero attached hydrogens (tertiary/aromatic N) is 3. The number of nitriles is 1. The van der Waals surface area contributed by atoms with Crippen molar-refractivity contribution in [1.29, 1.82) is 5.26 Å². The molecule has 0 amide bonds. The Kier molecular flexibility index (Phi) is 5.15. The quantitative estimate of drug-likeness (QED) is 0.662. The van der Waals surface area contributed by atoms with Crippen molar-refractivity contribution in [2.75, 3.05) is 19.9 Å². The number of fused-ring (bicyclic) bond motifs is 1. The molecule has 7 nitrogen and oxygen atoms in total. The highest BCUT2D eigenvalue weighted by Crippen LogP contribution is 2.41. The summed E-state index contributed by atoms with van der Waals surface area (Å²) in [5, 5.41) is 10.1. The van der Waals surface area contributed by atoms with Gasteiger partial charge in [0.25, 0.3) is 0 Å². The number of pyridine rings is 1. The summed E-state index contributed by atoms with van der Waals surface area (Å²) in [4.78, 5) is 7.15. The maximum absolute atomic E-state index is 15.0.